The molecule has 240 valence electrons. The largest absolute Gasteiger partial charge is 0.508 e. The van der Waals surface area contributed by atoms with Gasteiger partial charge in [-0.15, -0.1) is 0 Å². The summed E-state index contributed by atoms with van der Waals surface area (Å²) in [4.78, 5) is 0. The quantitative estimate of drug-likeness (QED) is 0.217. The maximum Gasteiger partial charge on any atom is 0.115 e. The van der Waals surface area contributed by atoms with E-state index in [0.717, 1.165) is 10.0 Å². The van der Waals surface area contributed by atoms with Crippen LogP contribution in [0, 0.1) is 20.8 Å². The van der Waals surface area contributed by atoms with Crippen LogP contribution in [0.1, 0.15) is 118 Å². The molecule has 0 unspecified atom stereocenters. The van der Waals surface area contributed by atoms with Crippen molar-refractivity contribution < 1.29 is 5.11 Å². The van der Waals surface area contributed by atoms with Crippen molar-refractivity contribution in [2.75, 3.05) is 0 Å². The molecule has 0 aliphatic rings. The van der Waals surface area contributed by atoms with Gasteiger partial charge in [0, 0.05) is 17.9 Å². The van der Waals surface area contributed by atoms with Crippen molar-refractivity contribution in [3.05, 3.63) is 130 Å². The van der Waals surface area contributed by atoms with E-state index in [9.17, 15) is 0 Å². The summed E-state index contributed by atoms with van der Waals surface area (Å²) in [6, 6.07) is 24.8. The summed E-state index contributed by atoms with van der Waals surface area (Å²) in [6.07, 6.45) is 0. The zero-order chi connectivity index (χ0) is 33.7. The minimum absolute atomic E-state index is 0.330. The van der Waals surface area contributed by atoms with Crippen molar-refractivity contribution in [3.8, 4) is 5.75 Å². The third-order valence-corrected chi connectivity index (χ3v) is 10.3. The van der Waals surface area contributed by atoms with Crippen LogP contribution in [-0.2, 0) is 0 Å². The van der Waals surface area contributed by atoms with Gasteiger partial charge < -0.3 is 5.11 Å². The number of benzene rings is 4. The highest BCUT2D eigenvalue weighted by Gasteiger charge is 2.05. The lowest BCUT2D eigenvalue weighted by atomic mass is 10.0. The Labute approximate surface area is 301 Å². The summed E-state index contributed by atoms with van der Waals surface area (Å²) in [6.45, 7) is 23.8. The van der Waals surface area contributed by atoms with Crippen LogP contribution in [0.25, 0.3) is 0 Å². The summed E-state index contributed by atoms with van der Waals surface area (Å²) in [5.41, 5.74) is 9.32. The molecule has 0 aliphatic heterocycles. The lowest BCUT2D eigenvalue weighted by Gasteiger charge is -2.08. The molecule has 0 aliphatic carbocycles. The molecule has 0 amide bonds. The average molecular weight is 854 g/mol. The van der Waals surface area contributed by atoms with Crippen molar-refractivity contribution >= 4 is 63.7 Å². The standard InChI is InChI=1S/3C10H13Br.C9H11BrO/c2*1-7(2)9-4-5-10(11)8(3)6-9;1-7(2)9-6-8(3)4-5-10(9)11;1-6(2)8-5-7(11)3-4-9(8)10/h3*4-7H,1-3H3;3-6,11H,1-2H3. The molecular formula is C39H50Br4O. The number of hydrogen-bond donors (Lipinski definition) is 1. The number of phenolic OH excluding ortho intramolecular Hbond substituents is 1. The number of halogens is 4. The number of hydrogen-bond acceptors (Lipinski definition) is 1. The van der Waals surface area contributed by atoms with Gasteiger partial charge in [0.2, 0.25) is 0 Å². The Kier molecular flexibility index (Phi) is 18.4. The molecule has 0 atom stereocenters. The van der Waals surface area contributed by atoms with Gasteiger partial charge in [-0.05, 0) is 114 Å². The minimum Gasteiger partial charge on any atom is -0.508 e. The van der Waals surface area contributed by atoms with Crippen LogP contribution < -0.4 is 0 Å². The van der Waals surface area contributed by atoms with Gasteiger partial charge in [0.15, 0.2) is 0 Å². The monoisotopic (exact) mass is 850 g/mol. The molecule has 4 aromatic carbocycles. The van der Waals surface area contributed by atoms with Crippen molar-refractivity contribution in [1.29, 1.82) is 0 Å². The molecular weight excluding hydrogens is 804 g/mol. The zero-order valence-electron chi connectivity index (χ0n) is 28.2. The molecule has 5 heteroatoms. The normalized spacial score (nSPS) is 10.6. The van der Waals surface area contributed by atoms with Crippen LogP contribution >= 0.6 is 63.7 Å². The van der Waals surface area contributed by atoms with E-state index in [1.807, 2.05) is 6.07 Å². The summed E-state index contributed by atoms with van der Waals surface area (Å²) in [5.74, 6) is 2.63. The second kappa shape index (κ2) is 20.0. The number of aromatic hydroxyl groups is 1. The third kappa shape index (κ3) is 14.4. The molecule has 0 bridgehead atoms. The molecule has 0 saturated carbocycles. The van der Waals surface area contributed by atoms with E-state index in [2.05, 4.69) is 194 Å². The van der Waals surface area contributed by atoms with Crippen molar-refractivity contribution in [2.24, 2.45) is 0 Å². The second-order valence-corrected chi connectivity index (χ2v) is 15.8. The highest BCUT2D eigenvalue weighted by Crippen LogP contribution is 2.28. The van der Waals surface area contributed by atoms with Gasteiger partial charge in [-0.3, -0.25) is 0 Å². The van der Waals surface area contributed by atoms with Crippen LogP contribution in [0.15, 0.2) is 90.7 Å². The SMILES string of the molecule is CC(C)c1cc(O)ccc1Br.Cc1cc(C(C)C)ccc1Br.Cc1cc(C(C)C)ccc1Br.Cc1ccc(Br)c(C(C)C)c1. The summed E-state index contributed by atoms with van der Waals surface area (Å²) < 4.78 is 4.67. The molecule has 1 N–H and O–H groups in total. The molecule has 44 heavy (non-hydrogen) atoms. The van der Waals surface area contributed by atoms with Crippen molar-refractivity contribution in [3.63, 3.8) is 0 Å². The molecule has 4 rings (SSSR count). The smallest absolute Gasteiger partial charge is 0.115 e. The van der Waals surface area contributed by atoms with Gasteiger partial charge in [0.1, 0.15) is 5.75 Å². The Morgan fingerprint density at radius 1 is 0.432 bits per heavy atom. The molecule has 4 aromatic rings. The molecule has 0 spiro atoms. The van der Waals surface area contributed by atoms with Crippen molar-refractivity contribution in [2.45, 2.75) is 99.8 Å². The Balaban J connectivity index is 0.000000293. The fraction of sp³-hybridized carbons (Fsp3) is 0.385. The van der Waals surface area contributed by atoms with E-state index in [4.69, 9.17) is 5.11 Å². The topological polar surface area (TPSA) is 20.2 Å². The van der Waals surface area contributed by atoms with E-state index < -0.39 is 0 Å². The summed E-state index contributed by atoms with van der Waals surface area (Å²) in [5, 5.41) is 9.17. The highest BCUT2D eigenvalue weighted by atomic mass is 79.9. The van der Waals surface area contributed by atoms with Gasteiger partial charge in [-0.1, -0.05) is 161 Å². The van der Waals surface area contributed by atoms with E-state index in [1.165, 1.54) is 46.8 Å². The summed E-state index contributed by atoms with van der Waals surface area (Å²) >= 11 is 13.9. The minimum atomic E-state index is 0.330. The number of aryl methyl sites for hydroxylation is 3. The maximum atomic E-state index is 9.17. The molecule has 1 nitrogen and oxygen atoms in total. The van der Waals surface area contributed by atoms with Gasteiger partial charge in [-0.25, -0.2) is 0 Å². The predicted octanol–water partition coefficient (Wildman–Crippen LogP) is 14.9. The molecule has 0 fully saturated rings. The van der Waals surface area contributed by atoms with E-state index >= 15 is 0 Å². The zero-order valence-corrected chi connectivity index (χ0v) is 34.5. The lowest BCUT2D eigenvalue weighted by Crippen LogP contribution is -1.89. The van der Waals surface area contributed by atoms with Crippen molar-refractivity contribution in [1.82, 2.24) is 0 Å². The van der Waals surface area contributed by atoms with E-state index in [1.54, 1.807) is 12.1 Å². The first-order valence-corrected chi connectivity index (χ1v) is 18.4. The fourth-order valence-electron chi connectivity index (χ4n) is 4.13. The van der Waals surface area contributed by atoms with Crippen LogP contribution in [0.2, 0.25) is 0 Å². The average Bonchev–Trinajstić information content (AvgIpc) is 2.95. The first-order valence-electron chi connectivity index (χ1n) is 15.2. The van der Waals surface area contributed by atoms with E-state index in [0.29, 0.717) is 29.4 Å². The Bertz CT molecular complexity index is 1340. The molecule has 0 radical (unpaired) electrons. The van der Waals surface area contributed by atoms with Crippen LogP contribution in [0.4, 0.5) is 0 Å². The number of phenols is 1. The highest BCUT2D eigenvalue weighted by molar-refractivity contribution is 9.11. The first kappa shape index (κ1) is 40.6. The van der Waals surface area contributed by atoms with Crippen LogP contribution in [0.5, 0.6) is 5.75 Å². The molecule has 0 aromatic heterocycles. The van der Waals surface area contributed by atoms with Gasteiger partial charge in [-0.2, -0.15) is 0 Å². The first-order chi connectivity index (χ1) is 20.4. The number of rotatable bonds is 4. The third-order valence-electron chi connectivity index (χ3n) is 7.07. The fourth-order valence-corrected chi connectivity index (χ4v) is 6.04. The van der Waals surface area contributed by atoms with Gasteiger partial charge in [0.05, 0.1) is 0 Å². The molecule has 0 saturated heterocycles. The van der Waals surface area contributed by atoms with Crippen LogP contribution in [-0.4, -0.2) is 5.11 Å². The summed E-state index contributed by atoms with van der Waals surface area (Å²) in [7, 11) is 0. The molecule has 0 heterocycles. The van der Waals surface area contributed by atoms with Gasteiger partial charge >= 0.3 is 0 Å². The van der Waals surface area contributed by atoms with Gasteiger partial charge in [0.25, 0.3) is 0 Å². The Morgan fingerprint density at radius 2 is 0.795 bits per heavy atom. The second-order valence-electron chi connectivity index (χ2n) is 12.4. The Morgan fingerprint density at radius 3 is 1.11 bits per heavy atom. The predicted molar refractivity (Wildman–Crippen MR) is 209 cm³/mol. The maximum absolute atomic E-state index is 9.17. The van der Waals surface area contributed by atoms with Crippen LogP contribution in [0.3, 0.4) is 0 Å². The Hall–Kier alpha value is -1.40. The lowest BCUT2D eigenvalue weighted by molar-refractivity contribution is 0.474. The van der Waals surface area contributed by atoms with E-state index in [-0.39, 0.29) is 0 Å².